The number of hydrogen-bond acceptors (Lipinski definition) is 3. The lowest BCUT2D eigenvalue weighted by molar-refractivity contribution is 0.398. The Bertz CT molecular complexity index is 725. The zero-order valence-corrected chi connectivity index (χ0v) is 17.3. The number of fused-ring (bicyclic) bond motifs is 1. The van der Waals surface area contributed by atoms with Gasteiger partial charge in [-0.1, -0.05) is 0 Å². The number of guanidine groups is 1. The van der Waals surface area contributed by atoms with E-state index < -0.39 is 0 Å². The summed E-state index contributed by atoms with van der Waals surface area (Å²) in [6.07, 6.45) is 4.49. The zero-order valence-electron chi connectivity index (χ0n) is 15.0. The minimum atomic E-state index is 0. The molecule has 0 saturated heterocycles. The van der Waals surface area contributed by atoms with E-state index in [4.69, 9.17) is 9.47 Å². The monoisotopic (exact) mass is 458 g/mol. The summed E-state index contributed by atoms with van der Waals surface area (Å²) in [6, 6.07) is 6.69. The van der Waals surface area contributed by atoms with E-state index in [1.807, 2.05) is 19.2 Å². The molecule has 1 aliphatic carbocycles. The number of aromatic amines is 1. The van der Waals surface area contributed by atoms with Gasteiger partial charge < -0.3 is 25.1 Å². The zero-order chi connectivity index (χ0) is 16.9. The number of methoxy groups -OCH3 is 2. The van der Waals surface area contributed by atoms with E-state index in [0.717, 1.165) is 47.7 Å². The van der Waals surface area contributed by atoms with Gasteiger partial charge in [0.05, 0.1) is 19.7 Å². The molecule has 6 nitrogen and oxygen atoms in total. The van der Waals surface area contributed by atoms with E-state index in [9.17, 15) is 0 Å². The SMILES string of the molecule is CN=C(NCCCc1cc2c(OC)cc(OC)cc2[nH]1)NC1CC1.I. The van der Waals surface area contributed by atoms with Gasteiger partial charge in [0.15, 0.2) is 5.96 Å². The lowest BCUT2D eigenvalue weighted by Crippen LogP contribution is -2.39. The van der Waals surface area contributed by atoms with Crippen molar-refractivity contribution >= 4 is 40.8 Å². The van der Waals surface area contributed by atoms with Crippen molar-refractivity contribution < 1.29 is 9.47 Å². The molecule has 3 N–H and O–H groups in total. The molecule has 0 amide bonds. The van der Waals surface area contributed by atoms with Crippen LogP contribution in [0.1, 0.15) is 25.0 Å². The number of halogens is 1. The first kappa shape index (κ1) is 19.7. The van der Waals surface area contributed by atoms with Crippen molar-refractivity contribution in [3.05, 3.63) is 23.9 Å². The second kappa shape index (κ2) is 9.17. The van der Waals surface area contributed by atoms with Crippen LogP contribution in [0.4, 0.5) is 0 Å². The molecule has 138 valence electrons. The summed E-state index contributed by atoms with van der Waals surface area (Å²) < 4.78 is 10.8. The standard InChI is InChI=1S/C18H26N4O2.HI/c1-19-18(22-12-6-7-12)20-8-4-5-13-9-15-16(21-13)10-14(23-2)11-17(15)24-3;/h9-12,21H,4-8H2,1-3H3,(H2,19,20,22);1H. The molecule has 0 radical (unpaired) electrons. The highest BCUT2D eigenvalue weighted by Gasteiger charge is 2.21. The maximum absolute atomic E-state index is 5.46. The Balaban J connectivity index is 0.00000225. The molecule has 1 fully saturated rings. The molecular formula is C18H27IN4O2. The Morgan fingerprint density at radius 3 is 2.68 bits per heavy atom. The molecule has 2 aromatic rings. The average molecular weight is 458 g/mol. The van der Waals surface area contributed by atoms with Gasteiger partial charge in [-0.15, -0.1) is 24.0 Å². The molecule has 25 heavy (non-hydrogen) atoms. The summed E-state index contributed by atoms with van der Waals surface area (Å²) in [4.78, 5) is 7.70. The fourth-order valence-corrected chi connectivity index (χ4v) is 2.76. The van der Waals surface area contributed by atoms with Gasteiger partial charge in [0.1, 0.15) is 11.5 Å². The Morgan fingerprint density at radius 2 is 2.04 bits per heavy atom. The maximum atomic E-state index is 5.46. The lowest BCUT2D eigenvalue weighted by atomic mass is 10.2. The molecule has 1 aromatic heterocycles. The van der Waals surface area contributed by atoms with E-state index in [1.54, 1.807) is 14.2 Å². The second-order valence-electron chi connectivity index (χ2n) is 6.11. The molecule has 1 aromatic carbocycles. The molecule has 0 bridgehead atoms. The van der Waals surface area contributed by atoms with Crippen LogP contribution in [-0.2, 0) is 6.42 Å². The molecule has 3 rings (SSSR count). The average Bonchev–Trinajstić information content (AvgIpc) is 3.33. The molecule has 0 unspecified atom stereocenters. The highest BCUT2D eigenvalue weighted by Crippen LogP contribution is 2.31. The number of rotatable bonds is 7. The summed E-state index contributed by atoms with van der Waals surface area (Å²) in [7, 11) is 5.16. The number of benzene rings is 1. The summed E-state index contributed by atoms with van der Waals surface area (Å²) in [5, 5.41) is 7.85. The topological polar surface area (TPSA) is 70.7 Å². The van der Waals surface area contributed by atoms with Gasteiger partial charge in [-0.05, 0) is 31.7 Å². The van der Waals surface area contributed by atoms with Crippen LogP contribution < -0.4 is 20.1 Å². The summed E-state index contributed by atoms with van der Waals surface area (Å²) in [6.45, 7) is 0.891. The normalized spacial score (nSPS) is 14.1. The molecule has 0 atom stereocenters. The largest absolute Gasteiger partial charge is 0.497 e. The lowest BCUT2D eigenvalue weighted by Gasteiger charge is -2.10. The molecule has 0 spiro atoms. The second-order valence-corrected chi connectivity index (χ2v) is 6.11. The molecule has 0 aliphatic heterocycles. The van der Waals surface area contributed by atoms with E-state index in [1.165, 1.54) is 18.5 Å². The van der Waals surface area contributed by atoms with Crippen molar-refractivity contribution in [3.8, 4) is 11.5 Å². The van der Waals surface area contributed by atoms with Crippen molar-refractivity contribution in [2.24, 2.45) is 4.99 Å². The van der Waals surface area contributed by atoms with E-state index in [0.29, 0.717) is 6.04 Å². The molecule has 7 heteroatoms. The first-order chi connectivity index (χ1) is 11.7. The van der Waals surface area contributed by atoms with Crippen LogP contribution in [0.2, 0.25) is 0 Å². The van der Waals surface area contributed by atoms with Crippen LogP contribution >= 0.6 is 24.0 Å². The van der Waals surface area contributed by atoms with Crippen LogP contribution in [0.15, 0.2) is 23.2 Å². The van der Waals surface area contributed by atoms with Crippen molar-refractivity contribution in [3.63, 3.8) is 0 Å². The first-order valence-electron chi connectivity index (χ1n) is 8.44. The number of aliphatic imine (C=N–C) groups is 1. The fourth-order valence-electron chi connectivity index (χ4n) is 2.76. The van der Waals surface area contributed by atoms with Gasteiger partial charge in [-0.2, -0.15) is 0 Å². The predicted octanol–water partition coefficient (Wildman–Crippen LogP) is 3.06. The number of H-pyrrole nitrogens is 1. The Morgan fingerprint density at radius 1 is 1.24 bits per heavy atom. The molecule has 1 saturated carbocycles. The van der Waals surface area contributed by atoms with E-state index in [2.05, 4.69) is 26.7 Å². The van der Waals surface area contributed by atoms with Crippen LogP contribution in [0, 0.1) is 0 Å². The molecular weight excluding hydrogens is 431 g/mol. The van der Waals surface area contributed by atoms with Crippen molar-refractivity contribution in [2.45, 2.75) is 31.7 Å². The number of nitrogens with zero attached hydrogens (tertiary/aromatic N) is 1. The van der Waals surface area contributed by atoms with Crippen LogP contribution in [0.5, 0.6) is 11.5 Å². The third-order valence-corrected chi connectivity index (χ3v) is 4.24. The first-order valence-corrected chi connectivity index (χ1v) is 8.44. The number of ether oxygens (including phenoxy) is 2. The van der Waals surface area contributed by atoms with Crippen molar-refractivity contribution in [2.75, 3.05) is 27.8 Å². The highest BCUT2D eigenvalue weighted by atomic mass is 127. The molecule has 1 heterocycles. The van der Waals surface area contributed by atoms with E-state index in [-0.39, 0.29) is 24.0 Å². The summed E-state index contributed by atoms with van der Waals surface area (Å²) in [5.41, 5.74) is 2.24. The predicted molar refractivity (Wildman–Crippen MR) is 113 cm³/mol. The van der Waals surface area contributed by atoms with Crippen LogP contribution in [-0.4, -0.2) is 44.8 Å². The fraction of sp³-hybridized carbons (Fsp3) is 0.500. The number of hydrogen-bond donors (Lipinski definition) is 3. The summed E-state index contributed by atoms with van der Waals surface area (Å²) in [5.74, 6) is 2.53. The highest BCUT2D eigenvalue weighted by molar-refractivity contribution is 14.0. The third-order valence-electron chi connectivity index (χ3n) is 4.24. The quantitative estimate of drug-likeness (QED) is 0.258. The van der Waals surface area contributed by atoms with Crippen molar-refractivity contribution in [1.82, 2.24) is 15.6 Å². The number of nitrogens with one attached hydrogen (secondary N) is 3. The van der Waals surface area contributed by atoms with Gasteiger partial charge in [-0.25, -0.2) is 0 Å². The minimum Gasteiger partial charge on any atom is -0.497 e. The maximum Gasteiger partial charge on any atom is 0.191 e. The van der Waals surface area contributed by atoms with Gasteiger partial charge in [0.2, 0.25) is 0 Å². The third kappa shape index (κ3) is 5.17. The number of aromatic nitrogens is 1. The van der Waals surface area contributed by atoms with Gasteiger partial charge in [0.25, 0.3) is 0 Å². The van der Waals surface area contributed by atoms with Crippen molar-refractivity contribution in [1.29, 1.82) is 0 Å². The van der Waals surface area contributed by atoms with Gasteiger partial charge in [0, 0.05) is 42.8 Å². The van der Waals surface area contributed by atoms with Crippen LogP contribution in [0.25, 0.3) is 10.9 Å². The molecule has 1 aliphatic rings. The van der Waals surface area contributed by atoms with Gasteiger partial charge >= 0.3 is 0 Å². The smallest absolute Gasteiger partial charge is 0.191 e. The van der Waals surface area contributed by atoms with Crippen LogP contribution in [0.3, 0.4) is 0 Å². The Kier molecular flexibility index (Phi) is 7.22. The van der Waals surface area contributed by atoms with Gasteiger partial charge in [-0.3, -0.25) is 4.99 Å². The number of aryl methyl sites for hydroxylation is 1. The Hall–Kier alpha value is -1.64. The van der Waals surface area contributed by atoms with E-state index >= 15 is 0 Å². The Labute approximate surface area is 165 Å². The minimum absolute atomic E-state index is 0. The summed E-state index contributed by atoms with van der Waals surface area (Å²) >= 11 is 0.